The van der Waals surface area contributed by atoms with Crippen molar-refractivity contribution in [3.8, 4) is 0 Å². The molecule has 0 bridgehead atoms. The van der Waals surface area contributed by atoms with Crippen LogP contribution >= 0.6 is 0 Å². The third-order valence-corrected chi connectivity index (χ3v) is 0.1000. The van der Waals surface area contributed by atoms with E-state index < -0.39 is 0 Å². The monoisotopic (exact) mass is 292 g/mol. The lowest BCUT2D eigenvalue weighted by atomic mass is 10.8. The zero-order valence-corrected chi connectivity index (χ0v) is 13.3. The fourth-order valence-corrected chi connectivity index (χ4v) is 0. The van der Waals surface area contributed by atoms with Gasteiger partial charge in [-0.2, -0.15) is 0 Å². The fourth-order valence-electron chi connectivity index (χ4n) is 0. The number of aliphatic hydroxyl groups excluding tert-OH is 6. The molecule has 0 aliphatic carbocycles. The van der Waals surface area contributed by atoms with Crippen LogP contribution in [0.1, 0.15) is 27.7 Å². The lowest BCUT2D eigenvalue weighted by Gasteiger charge is -1.70. The molecular weight excluding hydrogens is 256 g/mol. The molecule has 0 rings (SSSR count). The average molecular weight is 292 g/mol. The molecule has 0 heterocycles. The van der Waals surface area contributed by atoms with Gasteiger partial charge >= 0.3 is 0 Å². The van der Waals surface area contributed by atoms with Crippen molar-refractivity contribution in [1.29, 1.82) is 0 Å². The summed E-state index contributed by atoms with van der Waals surface area (Å²) in [6, 6.07) is 0. The average Bonchev–Trinajstić information content (AvgIpc) is 2.34. The predicted molar refractivity (Wildman–Crippen MR) is 78.1 cm³/mol. The number of rotatable bonds is 1. The van der Waals surface area contributed by atoms with E-state index in [1.165, 1.54) is 0 Å². The second-order valence-corrected chi connectivity index (χ2v) is 2.12. The van der Waals surface area contributed by atoms with E-state index in [0.29, 0.717) is 0 Å². The Labute approximate surface area is 118 Å². The van der Waals surface area contributed by atoms with Crippen molar-refractivity contribution in [2.24, 2.45) is 0 Å². The van der Waals surface area contributed by atoms with Crippen LogP contribution in [0.5, 0.6) is 0 Å². The Morgan fingerprint density at radius 2 is 0.579 bits per heavy atom. The molecule has 0 radical (unpaired) electrons. The number of methoxy groups -OCH3 is 1. The van der Waals surface area contributed by atoms with E-state index in [4.69, 9.17) is 30.6 Å². The van der Waals surface area contributed by atoms with Gasteiger partial charge in [-0.05, 0) is 27.7 Å². The van der Waals surface area contributed by atoms with Crippen LogP contribution in [0.25, 0.3) is 0 Å². The normalized spacial score (nSPS) is 6.32. The smallest absolute Gasteiger partial charge is 0.0662 e. The Hall–Kier alpha value is -0.280. The molecule has 0 aromatic carbocycles. The van der Waals surface area contributed by atoms with Gasteiger partial charge in [-0.25, -0.2) is 0 Å². The predicted octanol–water partition coefficient (Wildman–Crippen LogP) is -0.772. The zero-order chi connectivity index (χ0) is 16.9. The number of ether oxygens (including phenoxy) is 1. The minimum Gasteiger partial charge on any atom is -0.397 e. The molecule has 0 amide bonds. The lowest BCUT2D eigenvalue weighted by molar-refractivity contribution is 0.186. The Morgan fingerprint density at radius 1 is 0.526 bits per heavy atom. The van der Waals surface area contributed by atoms with E-state index in [-0.39, 0.29) is 39.6 Å². The first-order valence-corrected chi connectivity index (χ1v) is 6.04. The van der Waals surface area contributed by atoms with Crippen molar-refractivity contribution >= 4 is 0 Å². The van der Waals surface area contributed by atoms with Crippen LogP contribution in [0, 0.1) is 0 Å². The van der Waals surface area contributed by atoms with Gasteiger partial charge in [0.05, 0.1) is 13.2 Å². The Balaban J connectivity index is -0.0000000268. The molecule has 0 saturated carbocycles. The Kier molecular flexibility index (Phi) is 210. The molecule has 0 aliphatic rings. The van der Waals surface area contributed by atoms with Gasteiger partial charge in [0.25, 0.3) is 0 Å². The van der Waals surface area contributed by atoms with Crippen LogP contribution in [-0.4, -0.2) is 84.5 Å². The summed E-state index contributed by atoms with van der Waals surface area (Å²) in [5.41, 5.74) is 0. The van der Waals surface area contributed by atoms with Gasteiger partial charge < -0.3 is 35.4 Å². The largest absolute Gasteiger partial charge is 0.397 e. The van der Waals surface area contributed by atoms with E-state index in [9.17, 15) is 0 Å². The van der Waals surface area contributed by atoms with Gasteiger partial charge in [0, 0.05) is 40.6 Å². The maximum Gasteiger partial charge on any atom is 0.0662 e. The SMILES string of the molecule is CCO.CCO.CCO.CCO.COC.OCCO. The summed E-state index contributed by atoms with van der Waals surface area (Å²) >= 11 is 0. The first-order chi connectivity index (χ1) is 8.99. The molecule has 0 aliphatic heterocycles. The summed E-state index contributed by atoms with van der Waals surface area (Å²) in [6.45, 7) is 7.47. The number of hydrogen-bond donors (Lipinski definition) is 6. The quantitative estimate of drug-likeness (QED) is 0.374. The molecule has 0 spiro atoms. The molecule has 7 nitrogen and oxygen atoms in total. The summed E-state index contributed by atoms with van der Waals surface area (Å²) < 4.78 is 4.25. The Morgan fingerprint density at radius 3 is 0.579 bits per heavy atom. The maximum absolute atomic E-state index is 7.62. The lowest BCUT2D eigenvalue weighted by Crippen LogP contribution is -1.85. The summed E-state index contributed by atoms with van der Waals surface area (Å²) in [5, 5.41) is 45.5. The summed E-state index contributed by atoms with van der Waals surface area (Å²) in [4.78, 5) is 0. The number of hydrogen-bond acceptors (Lipinski definition) is 7. The molecule has 126 valence electrons. The highest BCUT2D eigenvalue weighted by molar-refractivity contribution is 4.06. The molecule has 0 aromatic rings. The minimum absolute atomic E-state index is 0.125. The van der Waals surface area contributed by atoms with Gasteiger partial charge in [-0.15, -0.1) is 0 Å². The topological polar surface area (TPSA) is 131 Å². The fraction of sp³-hybridized carbons (Fsp3) is 1.00. The minimum atomic E-state index is -0.125. The summed E-state index contributed by atoms with van der Waals surface area (Å²) in [7, 11) is 3.25. The Bertz CT molecular complexity index is 43.7. The highest BCUT2D eigenvalue weighted by atomic mass is 16.4. The summed E-state index contributed by atoms with van der Waals surface area (Å²) in [5.74, 6) is 0. The van der Waals surface area contributed by atoms with Crippen LogP contribution in [0.2, 0.25) is 0 Å². The second kappa shape index (κ2) is 110. The van der Waals surface area contributed by atoms with E-state index in [0.717, 1.165) is 0 Å². The standard InChI is InChI=1S/C2H6O2.5C2H6O/c3-1-2-4;1-3-2;4*1-2-3/h3-4H,1-2H2;1-2H3;4*3H,2H2,1H3. The van der Waals surface area contributed by atoms with Crippen LogP contribution in [0.4, 0.5) is 0 Å². The summed E-state index contributed by atoms with van der Waals surface area (Å²) in [6.07, 6.45) is 0. The van der Waals surface area contributed by atoms with Gasteiger partial charge in [0.1, 0.15) is 0 Å². The number of aliphatic hydroxyl groups is 6. The first-order valence-electron chi connectivity index (χ1n) is 6.04. The molecule has 7 heteroatoms. The van der Waals surface area contributed by atoms with Gasteiger partial charge in [0.2, 0.25) is 0 Å². The van der Waals surface area contributed by atoms with Crippen LogP contribution in [0.3, 0.4) is 0 Å². The van der Waals surface area contributed by atoms with Crippen LogP contribution < -0.4 is 0 Å². The third-order valence-electron chi connectivity index (χ3n) is 0.1000. The molecular formula is C12H36O7. The van der Waals surface area contributed by atoms with E-state index in [2.05, 4.69) is 4.74 Å². The van der Waals surface area contributed by atoms with Gasteiger partial charge in [-0.1, -0.05) is 0 Å². The van der Waals surface area contributed by atoms with Crippen molar-refractivity contribution in [1.82, 2.24) is 0 Å². The highest BCUT2D eigenvalue weighted by Crippen LogP contribution is 1.39. The van der Waals surface area contributed by atoms with Crippen LogP contribution in [0.15, 0.2) is 0 Å². The third kappa shape index (κ3) is 8450. The van der Waals surface area contributed by atoms with Crippen molar-refractivity contribution < 1.29 is 35.4 Å². The molecule has 19 heavy (non-hydrogen) atoms. The second-order valence-electron chi connectivity index (χ2n) is 2.12. The highest BCUT2D eigenvalue weighted by Gasteiger charge is 1.58. The van der Waals surface area contributed by atoms with Crippen molar-refractivity contribution in [2.45, 2.75) is 27.7 Å². The molecule has 0 unspecified atom stereocenters. The van der Waals surface area contributed by atoms with Gasteiger partial charge in [0.15, 0.2) is 0 Å². The molecule has 0 atom stereocenters. The molecule has 6 N–H and O–H groups in total. The molecule has 0 fully saturated rings. The van der Waals surface area contributed by atoms with Crippen molar-refractivity contribution in [3.05, 3.63) is 0 Å². The van der Waals surface area contributed by atoms with Gasteiger partial charge in [-0.3, -0.25) is 0 Å². The van der Waals surface area contributed by atoms with E-state index >= 15 is 0 Å². The zero-order valence-electron chi connectivity index (χ0n) is 13.3. The van der Waals surface area contributed by atoms with E-state index in [1.807, 2.05) is 0 Å². The van der Waals surface area contributed by atoms with Crippen molar-refractivity contribution in [3.63, 3.8) is 0 Å². The molecule has 0 aromatic heterocycles. The van der Waals surface area contributed by atoms with E-state index in [1.54, 1.807) is 41.9 Å². The first kappa shape index (κ1) is 36.3. The maximum atomic E-state index is 7.62. The molecule has 0 saturated heterocycles. The van der Waals surface area contributed by atoms with Crippen LogP contribution in [-0.2, 0) is 4.74 Å². The van der Waals surface area contributed by atoms with Crippen molar-refractivity contribution in [2.75, 3.05) is 53.9 Å².